The zero-order valence-electron chi connectivity index (χ0n) is 26.2. The van der Waals surface area contributed by atoms with Gasteiger partial charge in [0.2, 0.25) is 11.8 Å². The molecule has 0 bridgehead atoms. The molecule has 9 nitrogen and oxygen atoms in total. The third kappa shape index (κ3) is 7.28. The van der Waals surface area contributed by atoms with Crippen molar-refractivity contribution in [2.75, 3.05) is 6.54 Å². The van der Waals surface area contributed by atoms with Crippen molar-refractivity contribution in [2.24, 2.45) is 16.7 Å². The molecule has 232 valence electrons. The van der Waals surface area contributed by atoms with Gasteiger partial charge in [0.05, 0.1) is 0 Å². The predicted molar refractivity (Wildman–Crippen MR) is 163 cm³/mol. The van der Waals surface area contributed by atoms with Crippen LogP contribution in [0.5, 0.6) is 0 Å². The molecule has 4 rings (SSSR count). The molecule has 41 heavy (non-hydrogen) atoms. The fraction of sp³-hybridized carbons (Fsp3) is 0.839. The van der Waals surface area contributed by atoms with E-state index in [0.717, 1.165) is 38.0 Å². The van der Waals surface area contributed by atoms with Crippen LogP contribution in [0.4, 0.5) is 4.79 Å². The summed E-state index contributed by atoms with van der Waals surface area (Å²) in [5.74, 6) is 4.40. The van der Waals surface area contributed by atoms with Crippen molar-refractivity contribution in [2.45, 2.75) is 141 Å². The van der Waals surface area contributed by atoms with Gasteiger partial charge in [-0.05, 0) is 77.0 Å². The largest absolute Gasteiger partial charge is 0.444 e. The zero-order valence-corrected chi connectivity index (χ0v) is 27.0. The van der Waals surface area contributed by atoms with Crippen LogP contribution in [0.1, 0.15) is 113 Å². The second-order valence-electron chi connectivity index (χ2n) is 14.9. The minimum absolute atomic E-state index is 0.117. The normalized spacial score (nSPS) is 27.0. The Morgan fingerprint density at radius 1 is 1.07 bits per heavy atom. The Morgan fingerprint density at radius 2 is 1.73 bits per heavy atom. The van der Waals surface area contributed by atoms with E-state index in [1.165, 1.54) is 12.8 Å². The van der Waals surface area contributed by atoms with E-state index in [9.17, 15) is 19.2 Å². The van der Waals surface area contributed by atoms with Crippen LogP contribution in [0.15, 0.2) is 0 Å². The third-order valence-corrected chi connectivity index (χ3v) is 10.8. The van der Waals surface area contributed by atoms with Gasteiger partial charge in [-0.15, -0.1) is 0 Å². The predicted octanol–water partition coefficient (Wildman–Crippen LogP) is 4.66. The molecule has 1 spiro atoms. The summed E-state index contributed by atoms with van der Waals surface area (Å²) in [6, 6.07) is -1.55. The van der Waals surface area contributed by atoms with Crippen molar-refractivity contribution < 1.29 is 23.9 Å². The Hall–Kier alpha value is -2.10. The van der Waals surface area contributed by atoms with Crippen LogP contribution in [-0.4, -0.2) is 69.6 Å². The second-order valence-corrected chi connectivity index (χ2v) is 16.7. The smallest absolute Gasteiger partial charge is 0.408 e. The van der Waals surface area contributed by atoms with Crippen molar-refractivity contribution in [3.63, 3.8) is 0 Å². The highest BCUT2D eigenvalue weighted by Gasteiger charge is 2.79. The number of hydrogen-bond donors (Lipinski definition) is 3. The molecule has 4 aliphatic rings. The van der Waals surface area contributed by atoms with E-state index in [1.54, 1.807) is 25.7 Å². The molecule has 3 aliphatic carbocycles. The molecule has 1 aliphatic heterocycles. The first-order valence-electron chi connectivity index (χ1n) is 15.5. The molecule has 3 saturated carbocycles. The van der Waals surface area contributed by atoms with E-state index >= 15 is 0 Å². The van der Waals surface area contributed by atoms with Crippen LogP contribution in [0.25, 0.3) is 0 Å². The van der Waals surface area contributed by atoms with Crippen LogP contribution in [-0.2, 0) is 19.1 Å². The molecule has 3 N–H and O–H groups in total. The standard InChI is InChI=1S/C31H52N4O5S/c1-9-11-21(18-20-13-14-20)41(8)34-26(38)31(19-30(31)15-16-30)33-24(36)22-12-10-17-35(22)25(37)23(28(2,3)4)32-27(39)40-29(5,6)7/h20-23H,8-19H2,1-7H3,(H,32,39)(H,33,36)(H,34,38)/t21?,22-,23+,31?,41?/m0/s1. The summed E-state index contributed by atoms with van der Waals surface area (Å²) in [6.45, 7) is 13.5. The maximum Gasteiger partial charge on any atom is 0.408 e. The van der Waals surface area contributed by atoms with Crippen LogP contribution in [0.3, 0.4) is 0 Å². The lowest BCUT2D eigenvalue weighted by Gasteiger charge is -2.36. The summed E-state index contributed by atoms with van der Waals surface area (Å²) in [5.41, 5.74) is -2.38. The lowest BCUT2D eigenvalue weighted by Crippen LogP contribution is -2.60. The second kappa shape index (κ2) is 11.5. The van der Waals surface area contributed by atoms with Crippen LogP contribution < -0.4 is 15.4 Å². The summed E-state index contributed by atoms with van der Waals surface area (Å²) in [5, 5.41) is 6.27. The van der Waals surface area contributed by atoms with Crippen LogP contribution in [0.2, 0.25) is 0 Å². The van der Waals surface area contributed by atoms with Gasteiger partial charge in [-0.25, -0.2) is 4.79 Å². The van der Waals surface area contributed by atoms with Crippen molar-refractivity contribution in [3.8, 4) is 0 Å². The van der Waals surface area contributed by atoms with Gasteiger partial charge in [0, 0.05) is 17.2 Å². The Balaban J connectivity index is 1.44. The minimum atomic E-state index is -0.918. The molecule has 0 radical (unpaired) electrons. The average molecular weight is 593 g/mol. The van der Waals surface area contributed by atoms with Crippen molar-refractivity contribution in [1.29, 1.82) is 0 Å². The highest BCUT2D eigenvalue weighted by atomic mass is 32.2. The Kier molecular flexibility index (Phi) is 8.95. The number of rotatable bonds is 11. The van der Waals surface area contributed by atoms with Gasteiger partial charge in [-0.3, -0.25) is 14.4 Å². The number of nitrogens with one attached hydrogen (secondary N) is 3. The van der Waals surface area contributed by atoms with Crippen LogP contribution >= 0.6 is 10.7 Å². The Bertz CT molecular complexity index is 1070. The van der Waals surface area contributed by atoms with Gasteiger partial charge >= 0.3 is 6.09 Å². The molecule has 0 aromatic rings. The maximum atomic E-state index is 13.8. The molecule has 3 unspecified atom stereocenters. The topological polar surface area (TPSA) is 117 Å². The Morgan fingerprint density at radius 3 is 2.24 bits per heavy atom. The number of hydrogen-bond acceptors (Lipinski definition) is 5. The first kappa shape index (κ1) is 31.8. The zero-order chi connectivity index (χ0) is 30.4. The molecule has 4 fully saturated rings. The third-order valence-electron chi connectivity index (χ3n) is 9.10. The van der Waals surface area contributed by atoms with Gasteiger partial charge in [0.25, 0.3) is 5.91 Å². The Labute approximate surface area is 248 Å². The van der Waals surface area contributed by atoms with Gasteiger partial charge in [0.15, 0.2) is 0 Å². The number of carbonyl (C=O) groups excluding carboxylic acids is 4. The molecule has 4 amide bonds. The molecule has 5 atom stereocenters. The van der Waals surface area contributed by atoms with Gasteiger partial charge in [-0.2, -0.15) is 0 Å². The van der Waals surface area contributed by atoms with Crippen molar-refractivity contribution in [1.82, 2.24) is 20.3 Å². The summed E-state index contributed by atoms with van der Waals surface area (Å²) in [6.07, 6.45) is 8.77. The van der Waals surface area contributed by atoms with Gasteiger partial charge < -0.3 is 25.0 Å². The van der Waals surface area contributed by atoms with Gasteiger partial charge in [0.1, 0.15) is 23.2 Å². The van der Waals surface area contributed by atoms with E-state index in [-0.39, 0.29) is 23.1 Å². The van der Waals surface area contributed by atoms with Crippen molar-refractivity contribution in [3.05, 3.63) is 0 Å². The molecular weight excluding hydrogens is 540 g/mol. The first-order chi connectivity index (χ1) is 19.0. The lowest BCUT2D eigenvalue weighted by molar-refractivity contribution is -0.143. The highest BCUT2D eigenvalue weighted by Crippen LogP contribution is 2.73. The molecule has 1 saturated heterocycles. The average Bonchev–Trinajstić information content (AvgIpc) is 3.81. The molecule has 1 heterocycles. The molecule has 0 aromatic carbocycles. The quantitative estimate of drug-likeness (QED) is 0.302. The number of likely N-dealkylation sites (tertiary alicyclic amines) is 1. The van der Waals surface area contributed by atoms with E-state index in [4.69, 9.17) is 4.74 Å². The van der Waals surface area contributed by atoms with E-state index < -0.39 is 45.4 Å². The lowest BCUT2D eigenvalue weighted by atomic mass is 9.85. The van der Waals surface area contributed by atoms with Crippen LogP contribution in [0, 0.1) is 16.7 Å². The number of nitrogens with zero attached hydrogens (tertiary/aromatic N) is 1. The number of amides is 4. The SMILES string of the molecule is C=S(NC(=O)C1(NC(=O)[C@@H]2CCCN2C(=O)[C@@H](NC(=O)OC(C)(C)C)C(C)(C)C)CC12CC2)C(CCC)CC1CC1. The maximum absolute atomic E-state index is 13.8. The number of ether oxygens (including phenoxy) is 1. The fourth-order valence-corrected chi connectivity index (χ4v) is 7.93. The molecule has 10 heteroatoms. The highest BCUT2D eigenvalue weighted by molar-refractivity contribution is 8.13. The summed E-state index contributed by atoms with van der Waals surface area (Å²) >= 11 is 0. The summed E-state index contributed by atoms with van der Waals surface area (Å²) < 4.78 is 8.65. The summed E-state index contributed by atoms with van der Waals surface area (Å²) in [7, 11) is -0.508. The van der Waals surface area contributed by atoms with E-state index in [1.807, 2.05) is 20.8 Å². The number of alkyl carbamates (subject to hydrolysis) is 1. The summed E-state index contributed by atoms with van der Waals surface area (Å²) in [4.78, 5) is 55.5. The molecule has 0 aromatic heterocycles. The monoisotopic (exact) mass is 592 g/mol. The minimum Gasteiger partial charge on any atom is -0.444 e. The van der Waals surface area contributed by atoms with E-state index in [0.29, 0.717) is 31.1 Å². The molecular formula is C31H52N4O5S. The van der Waals surface area contributed by atoms with E-state index in [2.05, 4.69) is 28.1 Å². The number of carbonyl (C=O) groups is 4. The fourth-order valence-electron chi connectivity index (χ4n) is 6.32. The van der Waals surface area contributed by atoms with Gasteiger partial charge in [-0.1, -0.05) is 63.5 Å². The van der Waals surface area contributed by atoms with Crippen molar-refractivity contribution >= 4 is 40.4 Å². The first-order valence-corrected chi connectivity index (χ1v) is 16.9.